The van der Waals surface area contributed by atoms with Gasteiger partial charge < -0.3 is 20.5 Å². The number of rotatable bonds is 4. The Morgan fingerprint density at radius 3 is 2.15 bits per heavy atom. The molecule has 0 aliphatic carbocycles. The Hall–Kier alpha value is -2.24. The number of hydrogen-bond acceptors (Lipinski definition) is 3. The first kappa shape index (κ1) is 15.8. The molecule has 0 bridgehead atoms. The van der Waals surface area contributed by atoms with Crippen molar-refractivity contribution in [2.24, 2.45) is 5.41 Å². The molecule has 0 aliphatic rings. The first-order chi connectivity index (χ1) is 9.24. The van der Waals surface area contributed by atoms with E-state index in [0.29, 0.717) is 11.4 Å². The van der Waals surface area contributed by atoms with Crippen molar-refractivity contribution in [1.29, 1.82) is 0 Å². The van der Waals surface area contributed by atoms with Crippen molar-refractivity contribution >= 4 is 17.7 Å². The molecule has 0 saturated carbocycles. The van der Waals surface area contributed by atoms with Crippen molar-refractivity contribution in [3.63, 3.8) is 0 Å². The van der Waals surface area contributed by atoms with Crippen LogP contribution in [0.2, 0.25) is 0 Å². The number of nitrogens with one attached hydrogen (secondary N) is 2. The monoisotopic (exact) mass is 280 g/mol. The van der Waals surface area contributed by atoms with Crippen LogP contribution in [-0.4, -0.2) is 30.3 Å². The number of aliphatic carboxylic acids is 1. The molecule has 110 valence electrons. The van der Waals surface area contributed by atoms with Gasteiger partial charge in [0.15, 0.2) is 0 Å². The molecule has 0 saturated heterocycles. The number of urea groups is 1. The number of anilines is 1. The average molecular weight is 280 g/mol. The van der Waals surface area contributed by atoms with Crippen LogP contribution >= 0.6 is 0 Å². The summed E-state index contributed by atoms with van der Waals surface area (Å²) in [4.78, 5) is 23.0. The zero-order valence-corrected chi connectivity index (χ0v) is 12.1. The van der Waals surface area contributed by atoms with E-state index in [2.05, 4.69) is 10.6 Å². The lowest BCUT2D eigenvalue weighted by atomic mass is 9.87. The third-order valence-electron chi connectivity index (χ3n) is 2.74. The van der Waals surface area contributed by atoms with Gasteiger partial charge in [-0.15, -0.1) is 0 Å². The fourth-order valence-corrected chi connectivity index (χ4v) is 1.62. The molecule has 0 heterocycles. The van der Waals surface area contributed by atoms with Gasteiger partial charge in [0.1, 0.15) is 11.8 Å². The van der Waals surface area contributed by atoms with Gasteiger partial charge in [0.05, 0.1) is 7.11 Å². The quantitative estimate of drug-likeness (QED) is 0.789. The fraction of sp³-hybridized carbons (Fsp3) is 0.429. The number of amides is 2. The van der Waals surface area contributed by atoms with Crippen LogP contribution in [0.5, 0.6) is 5.75 Å². The number of benzene rings is 1. The molecule has 3 N–H and O–H groups in total. The molecule has 1 aromatic carbocycles. The van der Waals surface area contributed by atoms with Crippen LogP contribution in [-0.2, 0) is 4.79 Å². The molecular weight excluding hydrogens is 260 g/mol. The first-order valence-electron chi connectivity index (χ1n) is 6.18. The molecule has 0 aromatic heterocycles. The third kappa shape index (κ3) is 4.46. The molecule has 2 amide bonds. The number of hydrogen-bond donors (Lipinski definition) is 3. The number of carboxylic acid groups (broad SMARTS) is 1. The second kappa shape index (κ2) is 6.27. The van der Waals surface area contributed by atoms with Crippen molar-refractivity contribution in [1.82, 2.24) is 5.32 Å². The van der Waals surface area contributed by atoms with Crippen LogP contribution < -0.4 is 15.4 Å². The highest BCUT2D eigenvalue weighted by Crippen LogP contribution is 2.20. The Kier molecular flexibility index (Phi) is 4.96. The maximum atomic E-state index is 11.8. The van der Waals surface area contributed by atoms with Gasteiger partial charge in [-0.05, 0) is 29.7 Å². The lowest BCUT2D eigenvalue weighted by Gasteiger charge is -2.27. The highest BCUT2D eigenvalue weighted by Gasteiger charge is 2.32. The molecule has 0 unspecified atom stereocenters. The zero-order chi connectivity index (χ0) is 15.3. The van der Waals surface area contributed by atoms with E-state index in [-0.39, 0.29) is 0 Å². The van der Waals surface area contributed by atoms with Crippen LogP contribution in [0.15, 0.2) is 24.3 Å². The van der Waals surface area contributed by atoms with Crippen LogP contribution in [0.1, 0.15) is 20.8 Å². The molecule has 6 heteroatoms. The Bertz CT molecular complexity index is 477. The fourth-order valence-electron chi connectivity index (χ4n) is 1.62. The first-order valence-corrected chi connectivity index (χ1v) is 6.18. The van der Waals surface area contributed by atoms with Gasteiger partial charge in [-0.3, -0.25) is 0 Å². The van der Waals surface area contributed by atoms with E-state index in [4.69, 9.17) is 9.84 Å². The number of ether oxygens (including phenoxy) is 1. The predicted octanol–water partition coefficient (Wildman–Crippen LogP) is 2.32. The van der Waals surface area contributed by atoms with Gasteiger partial charge in [-0.2, -0.15) is 0 Å². The highest BCUT2D eigenvalue weighted by atomic mass is 16.5. The number of carbonyl (C=O) groups is 2. The van der Waals surface area contributed by atoms with Crippen LogP contribution in [0.3, 0.4) is 0 Å². The Morgan fingerprint density at radius 1 is 1.20 bits per heavy atom. The number of carboxylic acids is 1. The van der Waals surface area contributed by atoms with E-state index in [1.165, 1.54) is 0 Å². The minimum Gasteiger partial charge on any atom is -0.497 e. The van der Waals surface area contributed by atoms with Crippen LogP contribution in [0, 0.1) is 5.41 Å². The van der Waals surface area contributed by atoms with Gasteiger partial charge in [0, 0.05) is 5.69 Å². The molecule has 0 radical (unpaired) electrons. The lowest BCUT2D eigenvalue weighted by Crippen LogP contribution is -2.50. The van der Waals surface area contributed by atoms with Gasteiger partial charge in [0.25, 0.3) is 0 Å². The van der Waals surface area contributed by atoms with Gasteiger partial charge >= 0.3 is 12.0 Å². The molecule has 0 spiro atoms. The van der Waals surface area contributed by atoms with Crippen molar-refractivity contribution in [3.05, 3.63) is 24.3 Å². The smallest absolute Gasteiger partial charge is 0.326 e. The Morgan fingerprint density at radius 2 is 1.75 bits per heavy atom. The molecule has 0 fully saturated rings. The van der Waals surface area contributed by atoms with E-state index in [1.807, 2.05) is 0 Å². The number of carbonyl (C=O) groups excluding carboxylic acids is 1. The van der Waals surface area contributed by atoms with E-state index < -0.39 is 23.5 Å². The molecule has 0 aliphatic heterocycles. The minimum atomic E-state index is -1.07. The summed E-state index contributed by atoms with van der Waals surface area (Å²) >= 11 is 0. The van der Waals surface area contributed by atoms with Gasteiger partial charge in [-0.1, -0.05) is 20.8 Å². The SMILES string of the molecule is COc1ccc(NC(=O)N[C@@H](C(=O)O)C(C)(C)C)cc1. The Balaban J connectivity index is 2.68. The zero-order valence-electron chi connectivity index (χ0n) is 12.1. The van der Waals surface area contributed by atoms with Crippen LogP contribution in [0.25, 0.3) is 0 Å². The summed E-state index contributed by atoms with van der Waals surface area (Å²) in [5, 5.41) is 14.2. The van der Waals surface area contributed by atoms with Crippen molar-refractivity contribution in [3.8, 4) is 5.75 Å². The van der Waals surface area contributed by atoms with Gasteiger partial charge in [-0.25, -0.2) is 9.59 Å². The molecule has 6 nitrogen and oxygen atoms in total. The summed E-state index contributed by atoms with van der Waals surface area (Å²) in [7, 11) is 1.55. The summed E-state index contributed by atoms with van der Waals surface area (Å²) in [5.41, 5.74) is -0.0235. The minimum absolute atomic E-state index is 0.557. The topological polar surface area (TPSA) is 87.7 Å². The maximum absolute atomic E-state index is 11.8. The largest absolute Gasteiger partial charge is 0.497 e. The summed E-state index contributed by atoms with van der Waals surface area (Å²) in [6.45, 7) is 5.25. The average Bonchev–Trinajstić information content (AvgIpc) is 2.35. The molecule has 1 atom stereocenters. The molecule has 20 heavy (non-hydrogen) atoms. The van der Waals surface area contributed by atoms with Crippen molar-refractivity contribution in [2.45, 2.75) is 26.8 Å². The third-order valence-corrected chi connectivity index (χ3v) is 2.74. The lowest BCUT2D eigenvalue weighted by molar-refractivity contribution is -0.141. The predicted molar refractivity (Wildman–Crippen MR) is 76.0 cm³/mol. The van der Waals surface area contributed by atoms with Crippen molar-refractivity contribution in [2.75, 3.05) is 12.4 Å². The molecular formula is C14H20N2O4. The summed E-state index contributed by atoms with van der Waals surface area (Å²) in [5.74, 6) is -0.392. The highest BCUT2D eigenvalue weighted by molar-refractivity contribution is 5.92. The maximum Gasteiger partial charge on any atom is 0.326 e. The van der Waals surface area contributed by atoms with Crippen molar-refractivity contribution < 1.29 is 19.4 Å². The van der Waals surface area contributed by atoms with E-state index >= 15 is 0 Å². The van der Waals surface area contributed by atoms with E-state index in [0.717, 1.165) is 0 Å². The number of methoxy groups -OCH3 is 1. The molecule has 1 rings (SSSR count). The molecule has 1 aromatic rings. The second-order valence-electron chi connectivity index (χ2n) is 5.46. The standard InChI is InChI=1S/C14H20N2O4/c1-14(2,3)11(12(17)18)16-13(19)15-9-5-7-10(20-4)8-6-9/h5-8,11H,1-4H3,(H,17,18)(H2,15,16,19)/t11-/m0/s1. The normalized spacial score (nSPS) is 12.4. The summed E-state index contributed by atoms with van der Waals surface area (Å²) in [6.07, 6.45) is 0. The van der Waals surface area contributed by atoms with E-state index in [1.54, 1.807) is 52.1 Å². The Labute approximate surface area is 118 Å². The summed E-state index contributed by atoms with van der Waals surface area (Å²) in [6, 6.07) is 5.22. The van der Waals surface area contributed by atoms with E-state index in [9.17, 15) is 9.59 Å². The second-order valence-corrected chi connectivity index (χ2v) is 5.46. The van der Waals surface area contributed by atoms with Crippen LogP contribution in [0.4, 0.5) is 10.5 Å². The summed E-state index contributed by atoms with van der Waals surface area (Å²) < 4.78 is 5.01. The van der Waals surface area contributed by atoms with Gasteiger partial charge in [0.2, 0.25) is 0 Å².